The molecule has 2 aromatic carbocycles. The minimum absolute atomic E-state index is 0.0842. The zero-order valence-electron chi connectivity index (χ0n) is 11.7. The van der Waals surface area contributed by atoms with Crippen LogP contribution in [0, 0.1) is 5.82 Å². The second-order valence-electron chi connectivity index (χ2n) is 5.07. The van der Waals surface area contributed by atoms with Gasteiger partial charge in [0.05, 0.1) is 16.4 Å². The first-order valence-electron chi connectivity index (χ1n) is 6.54. The van der Waals surface area contributed by atoms with Gasteiger partial charge in [-0.3, -0.25) is 9.13 Å². The third-order valence-corrected chi connectivity index (χ3v) is 4.23. The molecule has 1 heterocycles. The molecule has 0 bridgehead atoms. The van der Waals surface area contributed by atoms with Crippen LogP contribution < -0.4 is 5.69 Å². The molecule has 0 spiro atoms. The molecule has 5 heteroatoms. The number of hydrogen-bond donors (Lipinski definition) is 0. The van der Waals surface area contributed by atoms with Crippen LogP contribution in [0.15, 0.2) is 47.3 Å². The lowest BCUT2D eigenvalue weighted by molar-refractivity contribution is 0.626. The molecule has 0 N–H and O–H groups in total. The summed E-state index contributed by atoms with van der Waals surface area (Å²) in [5.74, 6) is -0.314. The molecule has 0 aliphatic heterocycles. The van der Waals surface area contributed by atoms with E-state index >= 15 is 0 Å². The van der Waals surface area contributed by atoms with Gasteiger partial charge in [-0.15, -0.1) is 11.6 Å². The first kappa shape index (κ1) is 13.9. The fraction of sp³-hybridized carbons (Fsp3) is 0.188. The maximum atomic E-state index is 13.3. The average molecular weight is 305 g/mol. The van der Waals surface area contributed by atoms with Gasteiger partial charge in [0, 0.05) is 14.1 Å². The number of rotatable bonds is 2. The van der Waals surface area contributed by atoms with Gasteiger partial charge in [-0.05, 0) is 35.4 Å². The van der Waals surface area contributed by atoms with E-state index in [1.54, 1.807) is 35.4 Å². The number of hydrogen-bond acceptors (Lipinski definition) is 1. The molecule has 0 saturated heterocycles. The number of benzene rings is 2. The zero-order valence-corrected chi connectivity index (χ0v) is 12.4. The molecule has 3 aromatic rings. The lowest BCUT2D eigenvalue weighted by Crippen LogP contribution is -2.19. The summed E-state index contributed by atoms with van der Waals surface area (Å²) in [6, 6.07) is 11.8. The average Bonchev–Trinajstić information content (AvgIpc) is 2.71. The summed E-state index contributed by atoms with van der Waals surface area (Å²) < 4.78 is 16.5. The van der Waals surface area contributed by atoms with Crippen LogP contribution in [0.3, 0.4) is 0 Å². The summed E-state index contributed by atoms with van der Waals surface area (Å²) in [5.41, 5.74) is 3.09. The van der Waals surface area contributed by atoms with Gasteiger partial charge in [-0.25, -0.2) is 9.18 Å². The third kappa shape index (κ3) is 2.25. The number of aryl methyl sites for hydroxylation is 2. The molecule has 0 aliphatic carbocycles. The molecule has 0 amide bonds. The molecule has 3 nitrogen and oxygen atoms in total. The van der Waals surface area contributed by atoms with Gasteiger partial charge in [0.15, 0.2) is 0 Å². The Hall–Kier alpha value is -2.07. The Labute approximate surface area is 126 Å². The van der Waals surface area contributed by atoms with E-state index in [2.05, 4.69) is 0 Å². The van der Waals surface area contributed by atoms with E-state index in [9.17, 15) is 9.18 Å². The highest BCUT2D eigenvalue weighted by Crippen LogP contribution is 2.30. The maximum Gasteiger partial charge on any atom is 0.328 e. The molecular weight excluding hydrogens is 291 g/mol. The highest BCUT2D eigenvalue weighted by atomic mass is 35.5. The Morgan fingerprint density at radius 1 is 1.00 bits per heavy atom. The molecule has 1 unspecified atom stereocenters. The van der Waals surface area contributed by atoms with E-state index in [-0.39, 0.29) is 11.5 Å². The molecule has 1 atom stereocenters. The fourth-order valence-electron chi connectivity index (χ4n) is 2.54. The van der Waals surface area contributed by atoms with Crippen molar-refractivity contribution in [2.75, 3.05) is 0 Å². The SMILES string of the molecule is Cn1c(=O)n(C)c2cc(C(Cl)c3cccc(F)c3)ccc21. The summed E-state index contributed by atoms with van der Waals surface area (Å²) >= 11 is 6.44. The van der Waals surface area contributed by atoms with Crippen LogP contribution >= 0.6 is 11.6 Å². The number of fused-ring (bicyclic) bond motifs is 1. The predicted octanol–water partition coefficient (Wildman–Crippen LogP) is 3.34. The molecule has 0 aliphatic rings. The molecule has 21 heavy (non-hydrogen) atoms. The highest BCUT2D eigenvalue weighted by molar-refractivity contribution is 6.22. The summed E-state index contributed by atoms with van der Waals surface area (Å²) in [7, 11) is 3.45. The number of halogens is 2. The van der Waals surface area contributed by atoms with E-state index in [0.717, 1.165) is 16.6 Å². The summed E-state index contributed by atoms with van der Waals surface area (Å²) in [6.45, 7) is 0. The van der Waals surface area contributed by atoms with Crippen LogP contribution in [0.4, 0.5) is 4.39 Å². The molecule has 1 aromatic heterocycles. The van der Waals surface area contributed by atoms with Crippen molar-refractivity contribution in [1.82, 2.24) is 9.13 Å². The molecular formula is C16H14ClFN2O. The number of alkyl halides is 1. The highest BCUT2D eigenvalue weighted by Gasteiger charge is 2.14. The molecule has 0 saturated carbocycles. The number of imidazole rings is 1. The van der Waals surface area contributed by atoms with Crippen molar-refractivity contribution < 1.29 is 4.39 Å². The smallest absolute Gasteiger partial charge is 0.295 e. The fourth-order valence-corrected chi connectivity index (χ4v) is 2.81. The molecule has 108 valence electrons. The first-order valence-corrected chi connectivity index (χ1v) is 6.97. The minimum Gasteiger partial charge on any atom is -0.295 e. The van der Waals surface area contributed by atoms with Crippen molar-refractivity contribution in [2.45, 2.75) is 5.38 Å². The summed E-state index contributed by atoms with van der Waals surface area (Å²) in [5, 5.41) is -0.458. The minimum atomic E-state index is -0.458. The number of aromatic nitrogens is 2. The van der Waals surface area contributed by atoms with Crippen molar-refractivity contribution in [3.05, 3.63) is 69.9 Å². The quantitative estimate of drug-likeness (QED) is 0.667. The zero-order chi connectivity index (χ0) is 15.1. The lowest BCUT2D eigenvalue weighted by atomic mass is 10.0. The summed E-state index contributed by atoms with van der Waals surface area (Å²) in [4.78, 5) is 11.9. The van der Waals surface area contributed by atoms with Crippen LogP contribution in [-0.4, -0.2) is 9.13 Å². The van der Waals surface area contributed by atoms with Crippen molar-refractivity contribution in [1.29, 1.82) is 0 Å². The van der Waals surface area contributed by atoms with Gasteiger partial charge in [-0.2, -0.15) is 0 Å². The van der Waals surface area contributed by atoms with Gasteiger partial charge in [0.2, 0.25) is 0 Å². The van der Waals surface area contributed by atoms with Crippen LogP contribution in [0.25, 0.3) is 11.0 Å². The Morgan fingerprint density at radius 2 is 1.67 bits per heavy atom. The van der Waals surface area contributed by atoms with Crippen LogP contribution in [-0.2, 0) is 14.1 Å². The third-order valence-electron chi connectivity index (χ3n) is 3.73. The van der Waals surface area contributed by atoms with Gasteiger partial charge in [-0.1, -0.05) is 18.2 Å². The second-order valence-corrected chi connectivity index (χ2v) is 5.50. The molecule has 0 fully saturated rings. The van der Waals surface area contributed by atoms with E-state index in [4.69, 9.17) is 11.6 Å². The Balaban J connectivity index is 2.13. The molecule has 0 radical (unpaired) electrons. The van der Waals surface area contributed by atoms with Crippen molar-refractivity contribution in [3.8, 4) is 0 Å². The Bertz CT molecular complexity index is 882. The Morgan fingerprint density at radius 3 is 2.38 bits per heavy atom. The standard InChI is InChI=1S/C16H14ClFN2O/c1-19-13-7-6-11(9-14(13)20(2)16(19)21)15(17)10-4-3-5-12(18)8-10/h3-9,15H,1-2H3. The van der Waals surface area contributed by atoms with E-state index in [0.29, 0.717) is 5.56 Å². The molecule has 3 rings (SSSR count). The van der Waals surface area contributed by atoms with Crippen LogP contribution in [0.2, 0.25) is 0 Å². The number of nitrogens with zero attached hydrogens (tertiary/aromatic N) is 2. The van der Waals surface area contributed by atoms with Gasteiger partial charge < -0.3 is 0 Å². The van der Waals surface area contributed by atoms with Crippen LogP contribution in [0.1, 0.15) is 16.5 Å². The summed E-state index contributed by atoms with van der Waals surface area (Å²) in [6.07, 6.45) is 0. The second kappa shape index (κ2) is 5.04. The predicted molar refractivity (Wildman–Crippen MR) is 82.3 cm³/mol. The van der Waals surface area contributed by atoms with Crippen LogP contribution in [0.5, 0.6) is 0 Å². The Kier molecular flexibility index (Phi) is 3.33. The maximum absolute atomic E-state index is 13.3. The normalized spacial score (nSPS) is 12.8. The van der Waals surface area contributed by atoms with Crippen molar-refractivity contribution in [3.63, 3.8) is 0 Å². The van der Waals surface area contributed by atoms with Crippen molar-refractivity contribution >= 4 is 22.6 Å². The van der Waals surface area contributed by atoms with E-state index in [1.165, 1.54) is 12.1 Å². The topological polar surface area (TPSA) is 26.9 Å². The van der Waals surface area contributed by atoms with Gasteiger partial charge in [0.25, 0.3) is 0 Å². The van der Waals surface area contributed by atoms with Gasteiger partial charge >= 0.3 is 5.69 Å². The van der Waals surface area contributed by atoms with Crippen molar-refractivity contribution in [2.24, 2.45) is 14.1 Å². The monoisotopic (exact) mass is 304 g/mol. The van der Waals surface area contributed by atoms with E-state index in [1.807, 2.05) is 18.2 Å². The lowest BCUT2D eigenvalue weighted by Gasteiger charge is -2.11. The largest absolute Gasteiger partial charge is 0.328 e. The van der Waals surface area contributed by atoms with Gasteiger partial charge in [0.1, 0.15) is 5.82 Å². The van der Waals surface area contributed by atoms with E-state index < -0.39 is 5.38 Å². The first-order chi connectivity index (χ1) is 9.99.